The van der Waals surface area contributed by atoms with Crippen LogP contribution in [0.1, 0.15) is 10.4 Å². The van der Waals surface area contributed by atoms with E-state index < -0.39 is 10.0 Å². The van der Waals surface area contributed by atoms with Gasteiger partial charge in [-0.15, -0.1) is 0 Å². The van der Waals surface area contributed by atoms with Crippen LogP contribution < -0.4 is 10.0 Å². The second kappa shape index (κ2) is 8.13. The van der Waals surface area contributed by atoms with Crippen LogP contribution >= 0.6 is 0 Å². The number of hydrogen-bond acceptors (Lipinski definition) is 6. The van der Waals surface area contributed by atoms with Crippen molar-refractivity contribution >= 4 is 27.3 Å². The van der Waals surface area contributed by atoms with E-state index in [1.165, 1.54) is 53.7 Å². The number of sulfonamides is 1. The zero-order valence-corrected chi connectivity index (χ0v) is 16.3. The van der Waals surface area contributed by atoms with E-state index in [2.05, 4.69) is 25.1 Å². The molecule has 0 aliphatic carbocycles. The first-order valence-corrected chi connectivity index (χ1v) is 10.3. The molecule has 0 fully saturated rings. The fourth-order valence-corrected chi connectivity index (χ4v) is 3.77. The highest BCUT2D eigenvalue weighted by molar-refractivity contribution is 7.92. The highest BCUT2D eigenvalue weighted by Gasteiger charge is 2.15. The molecular formula is C20H16N6O3S. The SMILES string of the molecule is O=C(Nc1cccnc1-n1cncn1)c1ccc(NS(=O)(=O)c2ccccc2)cc1. The summed E-state index contributed by atoms with van der Waals surface area (Å²) in [5.74, 6) is 0.0532. The number of carbonyl (C=O) groups is 1. The molecule has 0 saturated heterocycles. The monoisotopic (exact) mass is 420 g/mol. The van der Waals surface area contributed by atoms with Crippen molar-refractivity contribution in [2.45, 2.75) is 4.90 Å². The molecule has 150 valence electrons. The Kier molecular flexibility index (Phi) is 5.22. The molecule has 10 heteroatoms. The van der Waals surface area contributed by atoms with Crippen LogP contribution in [0.5, 0.6) is 0 Å². The number of hydrogen-bond donors (Lipinski definition) is 2. The summed E-state index contributed by atoms with van der Waals surface area (Å²) < 4.78 is 28.7. The summed E-state index contributed by atoms with van der Waals surface area (Å²) in [6.07, 6.45) is 4.43. The first-order valence-electron chi connectivity index (χ1n) is 8.82. The maximum Gasteiger partial charge on any atom is 0.261 e. The summed E-state index contributed by atoms with van der Waals surface area (Å²) in [5, 5.41) is 6.80. The number of aromatic nitrogens is 4. The van der Waals surface area contributed by atoms with Gasteiger partial charge in [-0.25, -0.2) is 23.1 Å². The predicted molar refractivity (Wildman–Crippen MR) is 111 cm³/mol. The van der Waals surface area contributed by atoms with E-state index in [9.17, 15) is 13.2 Å². The zero-order valence-electron chi connectivity index (χ0n) is 15.5. The van der Waals surface area contributed by atoms with Crippen LogP contribution in [0, 0.1) is 0 Å². The smallest absolute Gasteiger partial charge is 0.261 e. The maximum atomic E-state index is 12.6. The third-order valence-corrected chi connectivity index (χ3v) is 5.52. The Labute approximate surface area is 172 Å². The number of pyridine rings is 1. The number of nitrogens with zero attached hydrogens (tertiary/aromatic N) is 4. The number of benzene rings is 2. The zero-order chi connectivity index (χ0) is 21.0. The van der Waals surface area contributed by atoms with Crippen LogP contribution in [0.2, 0.25) is 0 Å². The van der Waals surface area contributed by atoms with Crippen molar-refractivity contribution in [2.24, 2.45) is 0 Å². The minimum Gasteiger partial charge on any atom is -0.319 e. The normalized spacial score (nSPS) is 11.1. The van der Waals surface area contributed by atoms with Crippen LogP contribution in [0.4, 0.5) is 11.4 Å². The number of nitrogens with one attached hydrogen (secondary N) is 2. The molecule has 0 saturated carbocycles. The summed E-state index contributed by atoms with van der Waals surface area (Å²) in [4.78, 5) is 20.9. The lowest BCUT2D eigenvalue weighted by atomic mass is 10.2. The molecule has 2 N–H and O–H groups in total. The quantitative estimate of drug-likeness (QED) is 0.495. The van der Waals surface area contributed by atoms with Crippen molar-refractivity contribution in [3.8, 4) is 5.82 Å². The van der Waals surface area contributed by atoms with Crippen molar-refractivity contribution in [3.05, 3.63) is 91.1 Å². The van der Waals surface area contributed by atoms with Crippen molar-refractivity contribution in [2.75, 3.05) is 10.0 Å². The highest BCUT2D eigenvalue weighted by Crippen LogP contribution is 2.19. The van der Waals surface area contributed by atoms with Gasteiger partial charge in [-0.05, 0) is 48.5 Å². The van der Waals surface area contributed by atoms with E-state index >= 15 is 0 Å². The van der Waals surface area contributed by atoms with E-state index in [1.807, 2.05) is 0 Å². The number of amides is 1. The molecule has 2 heterocycles. The Bertz CT molecular complexity index is 1260. The fraction of sp³-hybridized carbons (Fsp3) is 0. The Balaban J connectivity index is 1.50. The summed E-state index contributed by atoms with van der Waals surface area (Å²) in [7, 11) is -3.70. The van der Waals surface area contributed by atoms with E-state index in [-0.39, 0.29) is 10.8 Å². The van der Waals surface area contributed by atoms with Gasteiger partial charge < -0.3 is 5.32 Å². The lowest BCUT2D eigenvalue weighted by Crippen LogP contribution is -2.15. The molecule has 4 aromatic rings. The molecule has 0 bridgehead atoms. The van der Waals surface area contributed by atoms with Crippen molar-refractivity contribution in [1.29, 1.82) is 0 Å². The maximum absolute atomic E-state index is 12.6. The third-order valence-electron chi connectivity index (χ3n) is 4.12. The van der Waals surface area contributed by atoms with E-state index in [4.69, 9.17) is 0 Å². The molecular weight excluding hydrogens is 404 g/mol. The van der Waals surface area contributed by atoms with Gasteiger partial charge in [0, 0.05) is 17.4 Å². The van der Waals surface area contributed by atoms with Crippen molar-refractivity contribution < 1.29 is 13.2 Å². The Morgan fingerprint density at radius 2 is 1.70 bits per heavy atom. The third kappa shape index (κ3) is 4.18. The molecule has 9 nitrogen and oxygen atoms in total. The number of rotatable bonds is 6. The van der Waals surface area contributed by atoms with Gasteiger partial charge in [0.15, 0.2) is 5.82 Å². The van der Waals surface area contributed by atoms with Gasteiger partial charge >= 0.3 is 0 Å². The van der Waals surface area contributed by atoms with Crippen molar-refractivity contribution in [3.63, 3.8) is 0 Å². The van der Waals surface area contributed by atoms with Crippen LogP contribution in [0.15, 0.2) is 90.5 Å². The minimum atomic E-state index is -3.70. The average molecular weight is 420 g/mol. The van der Waals surface area contributed by atoms with Crippen LogP contribution in [0.3, 0.4) is 0 Å². The molecule has 1 amide bonds. The van der Waals surface area contributed by atoms with Gasteiger partial charge in [-0.1, -0.05) is 18.2 Å². The minimum absolute atomic E-state index is 0.157. The molecule has 0 atom stereocenters. The topological polar surface area (TPSA) is 119 Å². The molecule has 0 aliphatic heterocycles. The first kappa shape index (κ1) is 19.3. The molecule has 30 heavy (non-hydrogen) atoms. The van der Waals surface area contributed by atoms with Crippen molar-refractivity contribution in [1.82, 2.24) is 19.7 Å². The van der Waals surface area contributed by atoms with Gasteiger partial charge in [0.25, 0.3) is 15.9 Å². The lowest BCUT2D eigenvalue weighted by Gasteiger charge is -2.11. The van der Waals surface area contributed by atoms with E-state index in [0.29, 0.717) is 22.8 Å². The van der Waals surface area contributed by atoms with E-state index in [0.717, 1.165) is 0 Å². The largest absolute Gasteiger partial charge is 0.319 e. The molecule has 0 spiro atoms. The number of anilines is 2. The molecule has 4 rings (SSSR count). The standard InChI is InChI=1S/C20H16N6O3S/c27-20(24-18-7-4-12-22-19(18)26-14-21-13-23-26)15-8-10-16(11-9-15)25-30(28,29)17-5-2-1-3-6-17/h1-14,25H,(H,24,27). The molecule has 0 unspecified atom stereocenters. The van der Waals surface area contributed by atoms with Crippen LogP contribution in [-0.2, 0) is 10.0 Å². The fourth-order valence-electron chi connectivity index (χ4n) is 2.69. The molecule has 0 radical (unpaired) electrons. The summed E-state index contributed by atoms with van der Waals surface area (Å²) in [5.41, 5.74) is 1.16. The van der Waals surface area contributed by atoms with E-state index in [1.54, 1.807) is 36.5 Å². The highest BCUT2D eigenvalue weighted by atomic mass is 32.2. The Hall–Kier alpha value is -4.05. The molecule has 2 aromatic heterocycles. The van der Waals surface area contributed by atoms with Gasteiger partial charge in [0.2, 0.25) is 0 Å². The average Bonchev–Trinajstić information content (AvgIpc) is 3.30. The Morgan fingerprint density at radius 3 is 2.40 bits per heavy atom. The summed E-state index contributed by atoms with van der Waals surface area (Å²) >= 11 is 0. The second-order valence-corrected chi connectivity index (χ2v) is 7.85. The summed E-state index contributed by atoms with van der Waals surface area (Å²) in [6, 6.07) is 17.5. The molecule has 2 aromatic carbocycles. The first-order chi connectivity index (χ1) is 14.5. The predicted octanol–water partition coefficient (Wildman–Crippen LogP) is 2.72. The second-order valence-electron chi connectivity index (χ2n) is 6.16. The van der Waals surface area contributed by atoms with Crippen LogP contribution in [0.25, 0.3) is 5.82 Å². The van der Waals surface area contributed by atoms with Gasteiger partial charge in [-0.3, -0.25) is 9.52 Å². The van der Waals surface area contributed by atoms with Crippen LogP contribution in [-0.4, -0.2) is 34.1 Å². The lowest BCUT2D eigenvalue weighted by molar-refractivity contribution is 0.102. The van der Waals surface area contributed by atoms with Gasteiger partial charge in [0.1, 0.15) is 12.7 Å². The summed E-state index contributed by atoms with van der Waals surface area (Å²) in [6.45, 7) is 0. The molecule has 0 aliphatic rings. The number of carbonyl (C=O) groups excluding carboxylic acids is 1. The Morgan fingerprint density at radius 1 is 0.933 bits per heavy atom. The van der Waals surface area contributed by atoms with Gasteiger partial charge in [-0.2, -0.15) is 5.10 Å². The van der Waals surface area contributed by atoms with Gasteiger partial charge in [0.05, 0.1) is 10.6 Å².